The largest absolute Gasteiger partial charge is 0.507 e. The first-order valence-electron chi connectivity index (χ1n) is 8.83. The zero-order valence-corrected chi connectivity index (χ0v) is 15.1. The van der Waals surface area contributed by atoms with Crippen LogP contribution in [0.4, 0.5) is 0 Å². The molecule has 6 nitrogen and oxygen atoms in total. The summed E-state index contributed by atoms with van der Waals surface area (Å²) in [6.45, 7) is 1.51. The van der Waals surface area contributed by atoms with E-state index in [2.05, 4.69) is 0 Å². The van der Waals surface area contributed by atoms with Crippen molar-refractivity contribution in [3.63, 3.8) is 0 Å². The van der Waals surface area contributed by atoms with Crippen molar-refractivity contribution in [2.24, 2.45) is 0 Å². The summed E-state index contributed by atoms with van der Waals surface area (Å²) in [6, 6.07) is 6.37. The van der Waals surface area contributed by atoms with Gasteiger partial charge in [0.15, 0.2) is 5.78 Å². The van der Waals surface area contributed by atoms with E-state index in [1.165, 1.54) is 14.0 Å². The van der Waals surface area contributed by atoms with Gasteiger partial charge in [-0.3, -0.25) is 9.59 Å². The highest BCUT2D eigenvalue weighted by atomic mass is 16.5. The Morgan fingerprint density at radius 1 is 1.15 bits per heavy atom. The van der Waals surface area contributed by atoms with Crippen molar-refractivity contribution in [3.05, 3.63) is 57.6 Å². The minimum Gasteiger partial charge on any atom is -0.507 e. The normalized spacial score (nSPS) is 21.9. The van der Waals surface area contributed by atoms with E-state index in [-0.39, 0.29) is 52.4 Å². The highest BCUT2D eigenvalue weighted by molar-refractivity contribution is 6.30. The van der Waals surface area contributed by atoms with Gasteiger partial charge in [0.25, 0.3) is 0 Å². The number of fused-ring (bicyclic) bond motifs is 3. The van der Waals surface area contributed by atoms with Crippen LogP contribution in [0.5, 0.6) is 11.5 Å². The summed E-state index contributed by atoms with van der Waals surface area (Å²) in [7, 11) is 1.42. The molecule has 2 aliphatic rings. The van der Waals surface area contributed by atoms with Gasteiger partial charge in [-0.1, -0.05) is 12.1 Å². The van der Waals surface area contributed by atoms with E-state index in [0.717, 1.165) is 0 Å². The van der Waals surface area contributed by atoms with Crippen molar-refractivity contribution >= 4 is 11.6 Å². The predicted octanol–water partition coefficient (Wildman–Crippen LogP) is 1.78. The number of hydrogen-bond acceptors (Lipinski definition) is 6. The van der Waals surface area contributed by atoms with Crippen molar-refractivity contribution in [2.75, 3.05) is 7.11 Å². The highest BCUT2D eigenvalue weighted by Gasteiger charge is 2.41. The van der Waals surface area contributed by atoms with Crippen LogP contribution in [0.25, 0.3) is 0 Å². The molecule has 0 heterocycles. The third-order valence-corrected chi connectivity index (χ3v) is 5.77. The summed E-state index contributed by atoms with van der Waals surface area (Å²) in [4.78, 5) is 26.1. The van der Waals surface area contributed by atoms with Crippen LogP contribution in [-0.2, 0) is 12.8 Å². The molecule has 4 rings (SSSR count). The number of phenols is 1. The zero-order chi connectivity index (χ0) is 19.5. The molecule has 0 amide bonds. The molecule has 0 aliphatic heterocycles. The molecule has 2 aromatic rings. The predicted molar refractivity (Wildman–Crippen MR) is 96.6 cm³/mol. The number of carbonyl (C=O) groups excluding carboxylic acids is 2. The molecule has 0 fully saturated rings. The number of phenolic OH excluding ortho intramolecular Hbond substituents is 1. The lowest BCUT2D eigenvalue weighted by atomic mass is 9.73. The SMILES string of the molecule is COc1cccc2c1C(=O)c1c(cc3c(c1O)CC[C@](O)([C@H](C)O)C3)C2=O. The lowest BCUT2D eigenvalue weighted by molar-refractivity contribution is -0.0745. The fourth-order valence-corrected chi connectivity index (χ4v) is 4.12. The molecule has 3 N–H and O–H groups in total. The minimum absolute atomic E-state index is 0.0155. The van der Waals surface area contributed by atoms with Gasteiger partial charge in [-0.05, 0) is 43.0 Å². The summed E-state index contributed by atoms with van der Waals surface area (Å²) < 4.78 is 5.24. The molecule has 0 spiro atoms. The Kier molecular flexibility index (Phi) is 3.87. The molecule has 0 saturated carbocycles. The number of aromatic hydroxyl groups is 1. The van der Waals surface area contributed by atoms with Crippen molar-refractivity contribution in [1.82, 2.24) is 0 Å². The maximum atomic E-state index is 13.1. The minimum atomic E-state index is -1.32. The Hall–Kier alpha value is -2.70. The fraction of sp³-hybridized carbons (Fsp3) is 0.333. The molecule has 0 aromatic heterocycles. The summed E-state index contributed by atoms with van der Waals surface area (Å²) in [5.41, 5.74) is 0.283. The average molecular weight is 368 g/mol. The van der Waals surface area contributed by atoms with Crippen LogP contribution in [0.3, 0.4) is 0 Å². The average Bonchev–Trinajstić information content (AvgIpc) is 2.64. The lowest BCUT2D eigenvalue weighted by Gasteiger charge is -2.37. The Labute approximate surface area is 156 Å². The standard InChI is InChI=1S/C21H20O6/c1-10(22)21(26)7-6-12-11(9-21)8-14-17(19(12)24)20(25)16-13(18(14)23)4-3-5-15(16)27-2/h3-5,8,10,22,24,26H,6-7,9H2,1-2H3/t10-,21+/m0/s1. The second kappa shape index (κ2) is 5.90. The number of benzene rings is 2. The maximum absolute atomic E-state index is 13.1. The number of carbonyl (C=O) groups is 2. The molecule has 0 saturated heterocycles. The fourth-order valence-electron chi connectivity index (χ4n) is 4.12. The van der Waals surface area contributed by atoms with Gasteiger partial charge >= 0.3 is 0 Å². The van der Waals surface area contributed by atoms with Crippen LogP contribution in [0.15, 0.2) is 24.3 Å². The number of aliphatic hydroxyl groups excluding tert-OH is 1. The van der Waals surface area contributed by atoms with Gasteiger partial charge in [0.1, 0.15) is 11.5 Å². The number of ketones is 2. The van der Waals surface area contributed by atoms with E-state index in [1.807, 2.05) is 0 Å². The molecule has 2 aliphatic carbocycles. The van der Waals surface area contributed by atoms with E-state index in [4.69, 9.17) is 4.74 Å². The number of ether oxygens (including phenoxy) is 1. The first kappa shape index (κ1) is 17.7. The number of hydrogen-bond donors (Lipinski definition) is 3. The second-order valence-corrected chi connectivity index (χ2v) is 7.28. The van der Waals surface area contributed by atoms with E-state index in [1.54, 1.807) is 24.3 Å². The molecule has 0 radical (unpaired) electrons. The first-order valence-corrected chi connectivity index (χ1v) is 8.83. The summed E-state index contributed by atoms with van der Waals surface area (Å²) in [6.07, 6.45) is -0.291. The summed E-state index contributed by atoms with van der Waals surface area (Å²) >= 11 is 0. The van der Waals surface area contributed by atoms with Gasteiger partial charge in [0.05, 0.1) is 29.9 Å². The number of methoxy groups -OCH3 is 1. The highest BCUT2D eigenvalue weighted by Crippen LogP contribution is 2.43. The molecule has 0 bridgehead atoms. The van der Waals surface area contributed by atoms with Gasteiger partial charge in [-0.15, -0.1) is 0 Å². The molecule has 0 unspecified atom stereocenters. The molecule has 2 aromatic carbocycles. The molecule has 2 atom stereocenters. The van der Waals surface area contributed by atoms with Crippen LogP contribution < -0.4 is 4.74 Å². The summed E-state index contributed by atoms with van der Waals surface area (Å²) in [5, 5.41) is 31.3. The van der Waals surface area contributed by atoms with E-state index in [9.17, 15) is 24.9 Å². The van der Waals surface area contributed by atoms with Gasteiger partial charge in [-0.25, -0.2) is 0 Å². The van der Waals surface area contributed by atoms with Gasteiger partial charge in [-0.2, -0.15) is 0 Å². The quantitative estimate of drug-likeness (QED) is 0.637. The number of aliphatic hydroxyl groups is 2. The Morgan fingerprint density at radius 3 is 2.56 bits per heavy atom. The Bertz CT molecular complexity index is 991. The van der Waals surface area contributed by atoms with Gasteiger partial charge in [0.2, 0.25) is 5.78 Å². The van der Waals surface area contributed by atoms with E-state index < -0.39 is 17.5 Å². The smallest absolute Gasteiger partial charge is 0.201 e. The van der Waals surface area contributed by atoms with Crippen LogP contribution >= 0.6 is 0 Å². The van der Waals surface area contributed by atoms with Crippen molar-refractivity contribution in [3.8, 4) is 11.5 Å². The van der Waals surface area contributed by atoms with Crippen LogP contribution in [0.1, 0.15) is 56.3 Å². The molecular formula is C21H20O6. The third kappa shape index (κ3) is 2.40. The summed E-state index contributed by atoms with van der Waals surface area (Å²) in [5.74, 6) is -0.751. The van der Waals surface area contributed by atoms with Crippen molar-refractivity contribution in [2.45, 2.75) is 37.9 Å². The van der Waals surface area contributed by atoms with Crippen LogP contribution in [0, 0.1) is 0 Å². The molecular weight excluding hydrogens is 348 g/mol. The van der Waals surface area contributed by atoms with Crippen LogP contribution in [-0.4, -0.2) is 45.7 Å². The number of rotatable bonds is 2. The zero-order valence-electron chi connectivity index (χ0n) is 15.1. The second-order valence-electron chi connectivity index (χ2n) is 7.28. The topological polar surface area (TPSA) is 104 Å². The molecule has 27 heavy (non-hydrogen) atoms. The van der Waals surface area contributed by atoms with E-state index in [0.29, 0.717) is 17.5 Å². The monoisotopic (exact) mass is 368 g/mol. The first-order chi connectivity index (χ1) is 12.8. The molecule has 6 heteroatoms. The molecule has 140 valence electrons. The Balaban J connectivity index is 1.92. The van der Waals surface area contributed by atoms with Gasteiger partial charge in [0, 0.05) is 17.5 Å². The van der Waals surface area contributed by atoms with Crippen LogP contribution in [0.2, 0.25) is 0 Å². The Morgan fingerprint density at radius 2 is 1.89 bits per heavy atom. The van der Waals surface area contributed by atoms with E-state index >= 15 is 0 Å². The maximum Gasteiger partial charge on any atom is 0.201 e. The third-order valence-electron chi connectivity index (χ3n) is 5.77. The van der Waals surface area contributed by atoms with Crippen molar-refractivity contribution in [1.29, 1.82) is 0 Å². The lowest BCUT2D eigenvalue weighted by Crippen LogP contribution is -2.45. The van der Waals surface area contributed by atoms with Gasteiger partial charge < -0.3 is 20.1 Å². The van der Waals surface area contributed by atoms with Crippen molar-refractivity contribution < 1.29 is 29.6 Å².